The number of esters is 3. The van der Waals surface area contributed by atoms with Crippen LogP contribution in [0.15, 0.2) is 72.9 Å². The second-order valence-corrected chi connectivity index (χ2v) is 24.5. The Balaban J connectivity index is 4.12. The van der Waals surface area contributed by atoms with Crippen molar-refractivity contribution in [1.29, 1.82) is 0 Å². The Labute approximate surface area is 516 Å². The van der Waals surface area contributed by atoms with Crippen LogP contribution < -0.4 is 0 Å². The second-order valence-electron chi connectivity index (χ2n) is 24.5. The first-order chi connectivity index (χ1) is 41.0. The van der Waals surface area contributed by atoms with Crippen LogP contribution in [0.5, 0.6) is 0 Å². The van der Waals surface area contributed by atoms with Gasteiger partial charge in [0.05, 0.1) is 0 Å². The van der Waals surface area contributed by atoms with Gasteiger partial charge in [0.25, 0.3) is 0 Å². The lowest BCUT2D eigenvalue weighted by Gasteiger charge is -2.18. The highest BCUT2D eigenvalue weighted by atomic mass is 16.6. The zero-order valence-corrected chi connectivity index (χ0v) is 55.5. The SMILES string of the molecule is CC/C=C\C/C=C\C/C=C\C/C=C\C/C=C\CCCCCCCCCCCCCCCCCCCC(=O)OCC(COC(=O)CCCCCCC/C=C\CCCC)OC(=O)CCCCCCCCCCCCCCCCCCCCCCC. The molecular weight excluding hydrogens is 1020 g/mol. The summed E-state index contributed by atoms with van der Waals surface area (Å²) < 4.78 is 17.0. The van der Waals surface area contributed by atoms with Crippen LogP contribution in [0.3, 0.4) is 0 Å². The van der Waals surface area contributed by atoms with Gasteiger partial charge in [0.1, 0.15) is 13.2 Å². The highest BCUT2D eigenvalue weighted by molar-refractivity contribution is 5.71. The van der Waals surface area contributed by atoms with E-state index >= 15 is 0 Å². The molecule has 0 aliphatic carbocycles. The van der Waals surface area contributed by atoms with Crippen LogP contribution in [0.25, 0.3) is 0 Å². The van der Waals surface area contributed by atoms with E-state index in [-0.39, 0.29) is 31.1 Å². The normalized spacial score (nSPS) is 12.5. The van der Waals surface area contributed by atoms with Gasteiger partial charge in [-0.05, 0) is 83.5 Å². The maximum atomic E-state index is 12.9. The van der Waals surface area contributed by atoms with Gasteiger partial charge < -0.3 is 14.2 Å². The van der Waals surface area contributed by atoms with Crippen molar-refractivity contribution in [2.24, 2.45) is 0 Å². The van der Waals surface area contributed by atoms with Crippen LogP contribution in [0.2, 0.25) is 0 Å². The second kappa shape index (κ2) is 71.3. The van der Waals surface area contributed by atoms with Gasteiger partial charge >= 0.3 is 17.9 Å². The number of allylic oxidation sites excluding steroid dienone is 12. The Hall–Kier alpha value is -3.15. The molecule has 0 aliphatic rings. The summed E-state index contributed by atoms with van der Waals surface area (Å²) in [4.78, 5) is 38.4. The minimum atomic E-state index is -0.775. The van der Waals surface area contributed by atoms with E-state index < -0.39 is 6.10 Å². The highest BCUT2D eigenvalue weighted by Gasteiger charge is 2.19. The number of rotatable bonds is 67. The monoisotopic (exact) mass is 1160 g/mol. The highest BCUT2D eigenvalue weighted by Crippen LogP contribution is 2.18. The average Bonchev–Trinajstić information content (AvgIpc) is 3.48. The fourth-order valence-electron chi connectivity index (χ4n) is 10.7. The summed E-state index contributed by atoms with van der Waals surface area (Å²) in [5.74, 6) is -0.857. The lowest BCUT2D eigenvalue weighted by Crippen LogP contribution is -2.30. The number of unbranched alkanes of at least 4 members (excludes halogenated alkanes) is 44. The summed E-state index contributed by atoms with van der Waals surface area (Å²) in [5, 5.41) is 0. The number of hydrogen-bond acceptors (Lipinski definition) is 6. The first-order valence-corrected chi connectivity index (χ1v) is 36.4. The number of hydrogen-bond donors (Lipinski definition) is 0. The molecule has 0 bridgehead atoms. The number of ether oxygens (including phenoxy) is 3. The van der Waals surface area contributed by atoms with E-state index in [2.05, 4.69) is 93.7 Å². The van der Waals surface area contributed by atoms with Crippen molar-refractivity contribution in [3.63, 3.8) is 0 Å². The van der Waals surface area contributed by atoms with E-state index in [9.17, 15) is 14.4 Å². The van der Waals surface area contributed by atoms with Crippen molar-refractivity contribution >= 4 is 17.9 Å². The maximum Gasteiger partial charge on any atom is 0.306 e. The third-order valence-electron chi connectivity index (χ3n) is 16.2. The van der Waals surface area contributed by atoms with Crippen LogP contribution in [0, 0.1) is 0 Å². The molecule has 482 valence electrons. The van der Waals surface area contributed by atoms with E-state index in [1.165, 1.54) is 244 Å². The van der Waals surface area contributed by atoms with Crippen molar-refractivity contribution in [1.82, 2.24) is 0 Å². The summed E-state index contributed by atoms with van der Waals surface area (Å²) in [6, 6.07) is 0. The van der Waals surface area contributed by atoms with Crippen molar-refractivity contribution < 1.29 is 28.6 Å². The van der Waals surface area contributed by atoms with Gasteiger partial charge in [0.15, 0.2) is 6.10 Å². The largest absolute Gasteiger partial charge is 0.462 e. The van der Waals surface area contributed by atoms with Crippen molar-refractivity contribution in [2.75, 3.05) is 13.2 Å². The first-order valence-electron chi connectivity index (χ1n) is 36.4. The topological polar surface area (TPSA) is 78.9 Å². The zero-order valence-electron chi connectivity index (χ0n) is 55.5. The fourth-order valence-corrected chi connectivity index (χ4v) is 10.7. The predicted molar refractivity (Wildman–Crippen MR) is 362 cm³/mol. The Morgan fingerprint density at radius 2 is 0.482 bits per heavy atom. The van der Waals surface area contributed by atoms with Crippen molar-refractivity contribution in [3.05, 3.63) is 72.9 Å². The predicted octanol–water partition coefficient (Wildman–Crippen LogP) is 25.2. The smallest absolute Gasteiger partial charge is 0.306 e. The number of carbonyl (C=O) groups excluding carboxylic acids is 3. The molecule has 0 saturated heterocycles. The summed E-state index contributed by atoms with van der Waals surface area (Å²) in [5.41, 5.74) is 0. The van der Waals surface area contributed by atoms with Gasteiger partial charge in [-0.2, -0.15) is 0 Å². The van der Waals surface area contributed by atoms with E-state index in [1.807, 2.05) is 0 Å². The van der Waals surface area contributed by atoms with E-state index in [4.69, 9.17) is 14.2 Å². The standard InChI is InChI=1S/C77H138O6/c1-4-7-10-13-16-19-22-24-26-28-30-32-33-34-35-36-37-38-39-40-41-42-43-45-46-48-50-52-55-58-61-64-67-70-76(79)82-73-74(72-81-75(78)69-66-63-60-57-54-21-18-15-12-9-6-3)83-77(80)71-68-65-62-59-56-53-51-49-47-44-31-29-27-25-23-20-17-14-11-8-5-2/h7,10,15-16,18-19,24,26,30,32,34-35,74H,4-6,8-9,11-14,17,20-23,25,27-29,31,33,36-73H2,1-3H3/b10-7-,18-15-,19-16-,26-24-,32-30-,35-34-. The van der Waals surface area contributed by atoms with Gasteiger partial charge in [-0.3, -0.25) is 14.4 Å². The Morgan fingerprint density at radius 3 is 0.783 bits per heavy atom. The molecule has 0 aromatic carbocycles. The summed E-state index contributed by atoms with van der Waals surface area (Å²) >= 11 is 0. The van der Waals surface area contributed by atoms with Crippen LogP contribution in [0.1, 0.15) is 380 Å². The molecule has 6 nitrogen and oxygen atoms in total. The summed E-state index contributed by atoms with van der Waals surface area (Å²) in [7, 11) is 0. The molecule has 0 aliphatic heterocycles. The molecule has 0 heterocycles. The van der Waals surface area contributed by atoms with Gasteiger partial charge in [0.2, 0.25) is 0 Å². The molecule has 1 atom stereocenters. The molecule has 0 aromatic heterocycles. The van der Waals surface area contributed by atoms with Crippen LogP contribution in [0.4, 0.5) is 0 Å². The Bertz CT molecular complexity index is 1520. The molecule has 0 amide bonds. The molecule has 1 unspecified atom stereocenters. The minimum Gasteiger partial charge on any atom is -0.462 e. The third-order valence-corrected chi connectivity index (χ3v) is 16.2. The quantitative estimate of drug-likeness (QED) is 0.0261. The molecule has 0 aromatic rings. The van der Waals surface area contributed by atoms with Gasteiger partial charge in [-0.1, -0.05) is 351 Å². The maximum absolute atomic E-state index is 12.9. The van der Waals surface area contributed by atoms with Crippen molar-refractivity contribution in [2.45, 2.75) is 386 Å². The van der Waals surface area contributed by atoms with Gasteiger partial charge in [-0.15, -0.1) is 0 Å². The van der Waals surface area contributed by atoms with Crippen LogP contribution in [-0.2, 0) is 28.6 Å². The molecule has 83 heavy (non-hydrogen) atoms. The van der Waals surface area contributed by atoms with Gasteiger partial charge in [-0.25, -0.2) is 0 Å². The van der Waals surface area contributed by atoms with Crippen LogP contribution in [-0.4, -0.2) is 37.2 Å². The Kier molecular flexibility index (Phi) is 68.6. The molecule has 0 saturated carbocycles. The fraction of sp³-hybridized carbons (Fsp3) is 0.805. The lowest BCUT2D eigenvalue weighted by atomic mass is 10.0. The molecule has 0 fully saturated rings. The minimum absolute atomic E-state index is 0.0719. The van der Waals surface area contributed by atoms with Gasteiger partial charge in [0, 0.05) is 19.3 Å². The van der Waals surface area contributed by atoms with Crippen LogP contribution >= 0.6 is 0 Å². The lowest BCUT2D eigenvalue weighted by molar-refractivity contribution is -0.167. The average molecular weight is 1160 g/mol. The molecule has 0 radical (unpaired) electrons. The first kappa shape index (κ1) is 79.8. The third kappa shape index (κ3) is 69.5. The number of carbonyl (C=O) groups is 3. The zero-order chi connectivity index (χ0) is 59.9. The molecule has 0 spiro atoms. The van der Waals surface area contributed by atoms with E-state index in [1.54, 1.807) is 0 Å². The summed E-state index contributed by atoms with van der Waals surface area (Å²) in [6.45, 7) is 6.54. The molecule has 0 rings (SSSR count). The van der Waals surface area contributed by atoms with Crippen molar-refractivity contribution in [3.8, 4) is 0 Å². The molecular formula is C77H138O6. The summed E-state index contributed by atoms with van der Waals surface area (Å²) in [6.07, 6.45) is 93.8. The Morgan fingerprint density at radius 1 is 0.253 bits per heavy atom. The van der Waals surface area contributed by atoms with E-state index in [0.29, 0.717) is 19.3 Å². The van der Waals surface area contributed by atoms with E-state index in [0.717, 1.165) is 96.3 Å². The molecule has 6 heteroatoms. The molecule has 0 N–H and O–H groups in total.